The Balaban J connectivity index is 2.25. The van der Waals surface area contributed by atoms with Gasteiger partial charge in [0.05, 0.1) is 23.9 Å². The third-order valence-electron chi connectivity index (χ3n) is 3.95. The molecule has 8 nitrogen and oxygen atoms in total. The maximum atomic E-state index is 12.2. The molecule has 2 rings (SSSR count). The Bertz CT molecular complexity index is 756. The molecule has 0 aromatic heterocycles. The van der Waals surface area contributed by atoms with Crippen molar-refractivity contribution < 1.29 is 29.0 Å². The molecular weight excluding hydrogens is 340 g/mol. The lowest BCUT2D eigenvalue weighted by atomic mass is 10.0. The van der Waals surface area contributed by atoms with Crippen molar-refractivity contribution in [3.05, 3.63) is 40.6 Å². The Labute approximate surface area is 151 Å². The van der Waals surface area contributed by atoms with Gasteiger partial charge in [0.1, 0.15) is 17.9 Å². The Morgan fingerprint density at radius 2 is 1.92 bits per heavy atom. The molecule has 1 heterocycles. The molecule has 0 saturated carbocycles. The van der Waals surface area contributed by atoms with Crippen LogP contribution in [0.15, 0.2) is 29.5 Å². The molecule has 0 unspecified atom stereocenters. The molecule has 1 aromatic rings. The van der Waals surface area contributed by atoms with Crippen LogP contribution in [0.4, 0.5) is 4.79 Å². The average Bonchev–Trinajstić information content (AvgIpc) is 2.61. The number of esters is 2. The van der Waals surface area contributed by atoms with Crippen molar-refractivity contribution in [1.82, 2.24) is 10.6 Å². The van der Waals surface area contributed by atoms with Crippen LogP contribution in [0.2, 0.25) is 0 Å². The fraction of sp³-hybridized carbons (Fsp3) is 0.389. The van der Waals surface area contributed by atoms with Crippen LogP contribution in [0.3, 0.4) is 0 Å². The number of phenolic OH excluding ortho intramolecular Hbond substituents is 1. The summed E-state index contributed by atoms with van der Waals surface area (Å²) in [7, 11) is 0. The third-order valence-corrected chi connectivity index (χ3v) is 3.95. The highest BCUT2D eigenvalue weighted by Crippen LogP contribution is 2.23. The van der Waals surface area contributed by atoms with Gasteiger partial charge in [-0.15, -0.1) is 0 Å². The minimum Gasteiger partial charge on any atom is -0.507 e. The highest BCUT2D eigenvalue weighted by Gasteiger charge is 2.32. The molecule has 0 radical (unpaired) electrons. The Morgan fingerprint density at radius 3 is 2.58 bits per heavy atom. The van der Waals surface area contributed by atoms with Gasteiger partial charge in [0.15, 0.2) is 0 Å². The van der Waals surface area contributed by atoms with E-state index in [1.807, 2.05) is 6.92 Å². The fourth-order valence-electron chi connectivity index (χ4n) is 2.61. The number of benzene rings is 1. The maximum Gasteiger partial charge on any atom is 0.342 e. The fourth-order valence-corrected chi connectivity index (χ4v) is 2.61. The van der Waals surface area contributed by atoms with Gasteiger partial charge in [0, 0.05) is 0 Å². The second-order valence-electron chi connectivity index (χ2n) is 5.72. The summed E-state index contributed by atoms with van der Waals surface area (Å²) in [6.07, 6.45) is 0.470. The van der Waals surface area contributed by atoms with Gasteiger partial charge in [-0.05, 0) is 31.9 Å². The van der Waals surface area contributed by atoms with E-state index >= 15 is 0 Å². The number of para-hydroxylation sites is 1. The van der Waals surface area contributed by atoms with E-state index in [1.165, 1.54) is 6.07 Å². The molecule has 140 valence electrons. The summed E-state index contributed by atoms with van der Waals surface area (Å²) in [6.45, 7) is 4.99. The summed E-state index contributed by atoms with van der Waals surface area (Å²) in [6, 6.07) is 3.68. The molecule has 1 aliphatic heterocycles. The molecule has 1 aliphatic rings. The van der Waals surface area contributed by atoms with Gasteiger partial charge in [0.25, 0.3) is 0 Å². The summed E-state index contributed by atoms with van der Waals surface area (Å²) in [5.74, 6) is -1.52. The Morgan fingerprint density at radius 1 is 1.19 bits per heavy atom. The molecule has 0 saturated heterocycles. The van der Waals surface area contributed by atoms with E-state index in [2.05, 4.69) is 10.6 Å². The van der Waals surface area contributed by atoms with Crippen molar-refractivity contribution in [1.29, 1.82) is 0 Å². The van der Waals surface area contributed by atoms with Crippen LogP contribution in [0.25, 0.3) is 0 Å². The lowest BCUT2D eigenvalue weighted by Gasteiger charge is -2.28. The molecule has 26 heavy (non-hydrogen) atoms. The van der Waals surface area contributed by atoms with Crippen LogP contribution >= 0.6 is 0 Å². The van der Waals surface area contributed by atoms with Crippen molar-refractivity contribution in [2.75, 3.05) is 13.2 Å². The van der Waals surface area contributed by atoms with E-state index in [1.54, 1.807) is 26.0 Å². The molecule has 3 N–H and O–H groups in total. The zero-order valence-corrected chi connectivity index (χ0v) is 14.9. The van der Waals surface area contributed by atoms with Crippen molar-refractivity contribution in [2.45, 2.75) is 33.2 Å². The van der Waals surface area contributed by atoms with E-state index in [-0.39, 0.29) is 35.8 Å². The topological polar surface area (TPSA) is 114 Å². The summed E-state index contributed by atoms with van der Waals surface area (Å²) in [4.78, 5) is 36.3. The number of carbonyl (C=O) groups excluding carboxylic acids is 3. The van der Waals surface area contributed by atoms with Gasteiger partial charge in [-0.25, -0.2) is 14.4 Å². The normalized spacial score (nSPS) is 16.6. The quantitative estimate of drug-likeness (QED) is 0.665. The number of ether oxygens (including phenoxy) is 2. The molecule has 0 bridgehead atoms. The minimum absolute atomic E-state index is 0.00980. The number of nitrogens with one attached hydrogen (secondary N) is 2. The Hall–Kier alpha value is -3.03. The summed E-state index contributed by atoms with van der Waals surface area (Å²) in [5, 5.41) is 15.1. The summed E-state index contributed by atoms with van der Waals surface area (Å²) in [5.41, 5.74) is 0.928. The first-order chi connectivity index (χ1) is 12.4. The first-order valence-electron chi connectivity index (χ1n) is 8.32. The van der Waals surface area contributed by atoms with Gasteiger partial charge in [-0.3, -0.25) is 0 Å². The van der Waals surface area contributed by atoms with E-state index < -0.39 is 24.0 Å². The molecule has 2 amide bonds. The van der Waals surface area contributed by atoms with Gasteiger partial charge in [-0.1, -0.05) is 19.1 Å². The second-order valence-corrected chi connectivity index (χ2v) is 5.72. The Kier molecular flexibility index (Phi) is 6.21. The zero-order chi connectivity index (χ0) is 19.3. The van der Waals surface area contributed by atoms with Gasteiger partial charge >= 0.3 is 18.0 Å². The van der Waals surface area contributed by atoms with Crippen LogP contribution in [0, 0.1) is 6.92 Å². The zero-order valence-electron chi connectivity index (χ0n) is 14.9. The minimum atomic E-state index is -0.761. The smallest absolute Gasteiger partial charge is 0.342 e. The lowest BCUT2D eigenvalue weighted by Crippen LogP contribution is -2.51. The van der Waals surface area contributed by atoms with E-state index in [0.29, 0.717) is 12.0 Å². The van der Waals surface area contributed by atoms with E-state index in [4.69, 9.17) is 9.47 Å². The molecule has 1 aromatic carbocycles. The molecular formula is C18H22N2O6. The number of aromatic hydroxyl groups is 1. The number of hydrogen-bond acceptors (Lipinski definition) is 6. The van der Waals surface area contributed by atoms with Crippen LogP contribution in [-0.4, -0.2) is 42.3 Å². The molecule has 0 fully saturated rings. The van der Waals surface area contributed by atoms with Crippen molar-refractivity contribution in [3.8, 4) is 5.75 Å². The number of phenols is 1. The highest BCUT2D eigenvalue weighted by molar-refractivity contribution is 5.95. The SMILES string of the molecule is CCOC(=O)C1=C(COC(=O)c2cccc(C)c2O)NC(=O)N[C@H]1CC. The van der Waals surface area contributed by atoms with Gasteiger partial charge in [-0.2, -0.15) is 0 Å². The molecule has 1 atom stereocenters. The number of carbonyl (C=O) groups is 3. The van der Waals surface area contributed by atoms with E-state index in [9.17, 15) is 19.5 Å². The monoisotopic (exact) mass is 362 g/mol. The number of hydrogen-bond donors (Lipinski definition) is 3. The molecule has 0 aliphatic carbocycles. The summed E-state index contributed by atoms with van der Waals surface area (Å²) < 4.78 is 10.2. The largest absolute Gasteiger partial charge is 0.507 e. The van der Waals surface area contributed by atoms with Crippen molar-refractivity contribution >= 4 is 18.0 Å². The third kappa shape index (κ3) is 4.14. The number of rotatable bonds is 6. The van der Waals surface area contributed by atoms with E-state index in [0.717, 1.165) is 0 Å². The maximum absolute atomic E-state index is 12.2. The van der Waals surface area contributed by atoms with Crippen LogP contribution in [0.1, 0.15) is 36.2 Å². The number of urea groups is 1. The first kappa shape index (κ1) is 19.3. The highest BCUT2D eigenvalue weighted by atomic mass is 16.5. The van der Waals surface area contributed by atoms with Crippen LogP contribution in [-0.2, 0) is 14.3 Å². The number of amides is 2. The first-order valence-corrected chi connectivity index (χ1v) is 8.32. The summed E-state index contributed by atoms with van der Waals surface area (Å²) >= 11 is 0. The van der Waals surface area contributed by atoms with Gasteiger partial charge < -0.3 is 25.2 Å². The van der Waals surface area contributed by atoms with Crippen molar-refractivity contribution in [3.63, 3.8) is 0 Å². The molecule has 8 heteroatoms. The van der Waals surface area contributed by atoms with Crippen LogP contribution in [0.5, 0.6) is 5.75 Å². The van der Waals surface area contributed by atoms with Crippen LogP contribution < -0.4 is 10.6 Å². The second kappa shape index (κ2) is 8.37. The van der Waals surface area contributed by atoms with Gasteiger partial charge in [0.2, 0.25) is 0 Å². The predicted molar refractivity (Wildman–Crippen MR) is 92.5 cm³/mol. The number of aryl methyl sites for hydroxylation is 1. The average molecular weight is 362 g/mol. The predicted octanol–water partition coefficient (Wildman–Crippen LogP) is 1.77. The standard InChI is InChI=1S/C18H22N2O6/c1-4-12-14(17(23)25-5-2)13(20-18(24)19-12)9-26-16(22)11-8-6-7-10(3)15(11)21/h6-8,12,21H,4-5,9H2,1-3H3,(H2,19,20,24)/t12-/m0/s1. The van der Waals surface area contributed by atoms with Crippen molar-refractivity contribution in [2.24, 2.45) is 0 Å². The molecule has 0 spiro atoms. The lowest BCUT2D eigenvalue weighted by molar-refractivity contribution is -0.139.